The van der Waals surface area contributed by atoms with Gasteiger partial charge in [0.25, 0.3) is 0 Å². The van der Waals surface area contributed by atoms with Gasteiger partial charge in [0.05, 0.1) is 6.61 Å². The molecule has 0 rings (SSSR count). The van der Waals surface area contributed by atoms with E-state index in [1.165, 1.54) is 48.0 Å². The Bertz CT molecular complexity index is 417. The van der Waals surface area contributed by atoms with Crippen LogP contribution in [0.4, 0.5) is 0 Å². The maximum Gasteiger partial charge on any atom is 0.0649 e. The van der Waals surface area contributed by atoms with Crippen LogP contribution in [-0.4, -0.2) is 13.2 Å². The van der Waals surface area contributed by atoms with Crippen LogP contribution in [-0.2, 0) is 4.74 Å². The van der Waals surface area contributed by atoms with Gasteiger partial charge in [0.1, 0.15) is 0 Å². The van der Waals surface area contributed by atoms with Crippen molar-refractivity contribution < 1.29 is 4.74 Å². The number of rotatable bonds is 12. The minimum Gasteiger partial charge on any atom is -0.378 e. The van der Waals surface area contributed by atoms with Crippen LogP contribution >= 0.6 is 0 Å². The van der Waals surface area contributed by atoms with E-state index in [4.69, 9.17) is 4.74 Å². The predicted octanol–water partition coefficient (Wildman–Crippen LogP) is 7.17. The number of allylic oxidation sites excluding steroid dienone is 7. The second-order valence-electron chi connectivity index (χ2n) is 6.71. The first-order valence-corrected chi connectivity index (χ1v) is 9.13. The highest BCUT2D eigenvalue weighted by molar-refractivity contribution is 5.07. The van der Waals surface area contributed by atoms with Crippen molar-refractivity contribution in [3.8, 4) is 0 Å². The zero-order valence-electron chi connectivity index (χ0n) is 16.4. The number of hydrogen-bond donors (Lipinski definition) is 0. The molecule has 0 saturated heterocycles. The second kappa shape index (κ2) is 14.5. The average Bonchev–Trinajstić information content (AvgIpc) is 2.47. The van der Waals surface area contributed by atoms with E-state index in [9.17, 15) is 0 Å². The summed E-state index contributed by atoms with van der Waals surface area (Å²) in [6, 6.07) is 0. The summed E-state index contributed by atoms with van der Waals surface area (Å²) in [5.74, 6) is 0. The van der Waals surface area contributed by atoms with Crippen LogP contribution in [0.15, 0.2) is 46.6 Å². The molecule has 1 nitrogen and oxygen atoms in total. The largest absolute Gasteiger partial charge is 0.378 e. The quantitative estimate of drug-likeness (QED) is 0.274. The SMILES string of the molecule is CCOC/C=C(\C)CC/C=C(\C)CC/C=C(\C)CCC=C(C)C. The molecule has 0 heterocycles. The van der Waals surface area contributed by atoms with E-state index in [0.717, 1.165) is 26.1 Å². The summed E-state index contributed by atoms with van der Waals surface area (Å²) >= 11 is 0. The second-order valence-corrected chi connectivity index (χ2v) is 6.71. The van der Waals surface area contributed by atoms with Crippen molar-refractivity contribution in [1.82, 2.24) is 0 Å². The molecule has 0 aliphatic rings. The molecule has 132 valence electrons. The first-order chi connectivity index (χ1) is 11.0. The molecular weight excluding hydrogens is 280 g/mol. The minimum atomic E-state index is 0.752. The van der Waals surface area contributed by atoms with Gasteiger partial charge in [-0.3, -0.25) is 0 Å². The summed E-state index contributed by atoms with van der Waals surface area (Å²) in [6.45, 7) is 14.6. The van der Waals surface area contributed by atoms with E-state index in [1.807, 2.05) is 6.92 Å². The first-order valence-electron chi connectivity index (χ1n) is 9.13. The molecule has 0 saturated carbocycles. The fourth-order valence-corrected chi connectivity index (χ4v) is 2.31. The Morgan fingerprint density at radius 2 is 1.09 bits per heavy atom. The van der Waals surface area contributed by atoms with E-state index in [1.54, 1.807) is 0 Å². The summed E-state index contributed by atoms with van der Waals surface area (Å²) in [4.78, 5) is 0. The topological polar surface area (TPSA) is 9.23 Å². The number of hydrogen-bond acceptors (Lipinski definition) is 1. The molecule has 0 unspecified atom stereocenters. The van der Waals surface area contributed by atoms with Crippen LogP contribution < -0.4 is 0 Å². The molecule has 0 bridgehead atoms. The van der Waals surface area contributed by atoms with Crippen molar-refractivity contribution in [3.05, 3.63) is 46.6 Å². The van der Waals surface area contributed by atoms with E-state index in [0.29, 0.717) is 0 Å². The molecule has 0 atom stereocenters. The molecule has 0 aliphatic heterocycles. The highest BCUT2D eigenvalue weighted by atomic mass is 16.5. The van der Waals surface area contributed by atoms with Gasteiger partial charge in [0.2, 0.25) is 0 Å². The summed E-state index contributed by atoms with van der Waals surface area (Å²) in [5.41, 5.74) is 5.88. The van der Waals surface area contributed by atoms with Crippen LogP contribution in [0.1, 0.15) is 80.1 Å². The van der Waals surface area contributed by atoms with Crippen molar-refractivity contribution >= 4 is 0 Å². The third-order valence-corrected chi connectivity index (χ3v) is 3.91. The fourth-order valence-electron chi connectivity index (χ4n) is 2.31. The molecule has 0 aromatic rings. The molecule has 0 fully saturated rings. The molecule has 0 radical (unpaired) electrons. The van der Waals surface area contributed by atoms with Crippen LogP contribution in [0.2, 0.25) is 0 Å². The molecule has 0 aliphatic carbocycles. The minimum absolute atomic E-state index is 0.752. The highest BCUT2D eigenvalue weighted by Gasteiger charge is 1.93. The van der Waals surface area contributed by atoms with E-state index < -0.39 is 0 Å². The molecule has 23 heavy (non-hydrogen) atoms. The van der Waals surface area contributed by atoms with Crippen molar-refractivity contribution in [2.45, 2.75) is 80.1 Å². The van der Waals surface area contributed by atoms with E-state index in [-0.39, 0.29) is 0 Å². The van der Waals surface area contributed by atoms with Crippen molar-refractivity contribution in [3.63, 3.8) is 0 Å². The first kappa shape index (κ1) is 21.9. The Morgan fingerprint density at radius 3 is 1.52 bits per heavy atom. The average molecular weight is 319 g/mol. The van der Waals surface area contributed by atoms with Gasteiger partial charge in [0, 0.05) is 6.61 Å². The monoisotopic (exact) mass is 318 g/mol. The Morgan fingerprint density at radius 1 is 0.652 bits per heavy atom. The van der Waals surface area contributed by atoms with Gasteiger partial charge in [-0.25, -0.2) is 0 Å². The lowest BCUT2D eigenvalue weighted by Crippen LogP contribution is -1.90. The van der Waals surface area contributed by atoms with Crippen LogP contribution in [0.3, 0.4) is 0 Å². The smallest absolute Gasteiger partial charge is 0.0649 e. The fraction of sp³-hybridized carbons (Fsp3) is 0.636. The third kappa shape index (κ3) is 15.6. The zero-order chi connectivity index (χ0) is 17.5. The van der Waals surface area contributed by atoms with Gasteiger partial charge in [-0.15, -0.1) is 0 Å². The van der Waals surface area contributed by atoms with Crippen LogP contribution in [0, 0.1) is 0 Å². The van der Waals surface area contributed by atoms with E-state index >= 15 is 0 Å². The number of ether oxygens (including phenoxy) is 1. The van der Waals surface area contributed by atoms with Crippen molar-refractivity contribution in [2.75, 3.05) is 13.2 Å². The molecule has 0 aromatic heterocycles. The normalized spacial score (nSPS) is 13.4. The maximum absolute atomic E-state index is 5.35. The summed E-state index contributed by atoms with van der Waals surface area (Å²) < 4.78 is 5.35. The standard InChI is InChI=1S/C22H38O/c1-7-23-18-17-22(6)16-10-15-21(5)14-9-13-20(4)12-8-11-19(2)3/h11,13,15,17H,7-10,12,14,16,18H2,1-6H3/b20-13+,21-15+,22-17+. The Hall–Kier alpha value is -1.08. The highest BCUT2D eigenvalue weighted by Crippen LogP contribution is 2.13. The van der Waals surface area contributed by atoms with Gasteiger partial charge < -0.3 is 4.74 Å². The lowest BCUT2D eigenvalue weighted by Gasteiger charge is -2.03. The van der Waals surface area contributed by atoms with Crippen LogP contribution in [0.25, 0.3) is 0 Å². The zero-order valence-corrected chi connectivity index (χ0v) is 16.4. The summed E-state index contributed by atoms with van der Waals surface area (Å²) in [6.07, 6.45) is 16.3. The van der Waals surface area contributed by atoms with Crippen molar-refractivity contribution in [1.29, 1.82) is 0 Å². The van der Waals surface area contributed by atoms with E-state index in [2.05, 4.69) is 58.9 Å². The maximum atomic E-state index is 5.35. The molecule has 0 amide bonds. The lowest BCUT2D eigenvalue weighted by atomic mass is 10.0. The van der Waals surface area contributed by atoms with Crippen molar-refractivity contribution in [2.24, 2.45) is 0 Å². The van der Waals surface area contributed by atoms with Gasteiger partial charge >= 0.3 is 0 Å². The van der Waals surface area contributed by atoms with Gasteiger partial charge in [-0.05, 0) is 80.1 Å². The molecule has 0 spiro atoms. The van der Waals surface area contributed by atoms with Gasteiger partial charge in [-0.1, -0.05) is 46.6 Å². The summed E-state index contributed by atoms with van der Waals surface area (Å²) in [7, 11) is 0. The Kier molecular flexibility index (Phi) is 13.8. The molecular formula is C22H38O. The lowest BCUT2D eigenvalue weighted by molar-refractivity contribution is 0.177. The summed E-state index contributed by atoms with van der Waals surface area (Å²) in [5, 5.41) is 0. The molecule has 0 N–H and O–H groups in total. The Labute approximate surface area is 145 Å². The van der Waals surface area contributed by atoms with Gasteiger partial charge in [0.15, 0.2) is 0 Å². The van der Waals surface area contributed by atoms with Crippen LogP contribution in [0.5, 0.6) is 0 Å². The predicted molar refractivity (Wildman–Crippen MR) is 105 cm³/mol. The Balaban J connectivity index is 3.93. The van der Waals surface area contributed by atoms with Gasteiger partial charge in [-0.2, -0.15) is 0 Å². The third-order valence-electron chi connectivity index (χ3n) is 3.91. The molecule has 1 heteroatoms. The molecule has 0 aromatic carbocycles.